The first kappa shape index (κ1) is 84.3. The zero-order valence-electron chi connectivity index (χ0n) is 73.9. The molecule has 20 rings (SSSR count). The number of aryl methyl sites for hydroxylation is 10. The van der Waals surface area contributed by atoms with Crippen LogP contribution in [0.5, 0.6) is 0 Å². The van der Waals surface area contributed by atoms with E-state index in [2.05, 4.69) is 374 Å². The van der Waals surface area contributed by atoms with Crippen LogP contribution in [0.25, 0.3) is 158 Å². The molecule has 0 aliphatic carbocycles. The molecule has 0 unspecified atom stereocenters. The van der Waals surface area contributed by atoms with Gasteiger partial charge in [-0.1, -0.05) is 227 Å². The molecule has 0 saturated carbocycles. The Bertz CT molecular complexity index is 7350. The summed E-state index contributed by atoms with van der Waals surface area (Å²) in [5.41, 5.74) is 31.8. The highest BCUT2D eigenvalue weighted by Gasteiger charge is 2.29. The van der Waals surface area contributed by atoms with Crippen LogP contribution in [0.15, 0.2) is 244 Å². The summed E-state index contributed by atoms with van der Waals surface area (Å²) in [6.07, 6.45) is 12.0. The van der Waals surface area contributed by atoms with Gasteiger partial charge in [0.2, 0.25) is 27.6 Å². The quantitative estimate of drug-likeness (QED) is 0.114. The van der Waals surface area contributed by atoms with Crippen LogP contribution in [-0.4, -0.2) is 24.9 Å². The minimum Gasteiger partial charge on any atom is -0.231 e. The molecule has 0 N–H and O–H groups in total. The topological polar surface area (TPSA) is 83.8 Å². The van der Waals surface area contributed by atoms with Crippen molar-refractivity contribution in [2.45, 2.75) is 134 Å². The number of aromatic nitrogens is 10. The van der Waals surface area contributed by atoms with Gasteiger partial charge in [-0.3, -0.25) is 0 Å². The van der Waals surface area contributed by atoms with Crippen molar-refractivity contribution in [2.75, 3.05) is 0 Å². The molecule has 15 heteroatoms. The van der Waals surface area contributed by atoms with Crippen LogP contribution in [-0.2, 0) is 48.1 Å². The van der Waals surface area contributed by atoms with E-state index in [1.165, 1.54) is 186 Å². The molecule has 10 heterocycles. The second-order valence-electron chi connectivity index (χ2n) is 34.5. The lowest BCUT2D eigenvalue weighted by Gasteiger charge is -2.11. The van der Waals surface area contributed by atoms with Gasteiger partial charge in [-0.05, 0) is 212 Å². The van der Waals surface area contributed by atoms with Crippen molar-refractivity contribution in [3.8, 4) is 56.3 Å². The van der Waals surface area contributed by atoms with Crippen LogP contribution in [0.1, 0.15) is 143 Å². The van der Waals surface area contributed by atoms with E-state index in [0.29, 0.717) is 29.6 Å². The van der Waals surface area contributed by atoms with Crippen LogP contribution in [0.2, 0.25) is 0 Å². The minimum atomic E-state index is 0.490. The summed E-state index contributed by atoms with van der Waals surface area (Å²) < 4.78 is 23.8. The average molecular weight is 1700 g/mol. The predicted molar refractivity (Wildman–Crippen MR) is 522 cm³/mol. The Hall–Kier alpha value is -11.3. The first-order valence-corrected chi connectivity index (χ1v) is 46.7. The molecule has 20 aromatic rings. The summed E-state index contributed by atoms with van der Waals surface area (Å²) in [6, 6.07) is 76.7. The smallest absolute Gasteiger partial charge is 0.231 e. The van der Waals surface area contributed by atoms with E-state index in [0.717, 1.165) is 40.4 Å². The van der Waals surface area contributed by atoms with Crippen LogP contribution >= 0.6 is 56.7 Å². The van der Waals surface area contributed by atoms with E-state index in [-0.39, 0.29) is 0 Å². The van der Waals surface area contributed by atoms with E-state index < -0.39 is 0 Å². The van der Waals surface area contributed by atoms with Crippen LogP contribution in [0.3, 0.4) is 0 Å². The SMILES string of the molecule is Cc1ccc(C(C)C)cc1-c1c2sc3ccccc3c2nc[n+]1C.Cc1ccccc1-c1c2sc3c(CC(C)C)cccc3c2nc[n+]1C.Cc1ccccc1-c1c2sc3cc(CC(C)C)ccc3c2nc[n+]1C.Cc1ccccc1-c1c2sc3ccc(C(C)C)cc3c2nc[n+]1C.Cc1ccccc1-c1c2sc3cccc(C(C)C)c3c2nc[n+]1C. The normalized spacial score (nSPS) is 11.7. The number of rotatable bonds is 12. The van der Waals surface area contributed by atoms with Crippen LogP contribution in [0.4, 0.5) is 0 Å². The molecule has 612 valence electrons. The van der Waals surface area contributed by atoms with Gasteiger partial charge in [0.15, 0.2) is 28.5 Å². The Morgan fingerprint density at radius 1 is 0.270 bits per heavy atom. The molecule has 0 atom stereocenters. The van der Waals surface area contributed by atoms with Crippen LogP contribution < -0.4 is 22.8 Å². The number of hydrogen-bond acceptors (Lipinski definition) is 10. The summed E-state index contributed by atoms with van der Waals surface area (Å²) in [5.74, 6) is 2.86. The zero-order valence-corrected chi connectivity index (χ0v) is 78.0. The van der Waals surface area contributed by atoms with E-state index in [1.807, 2.05) is 88.3 Å². The van der Waals surface area contributed by atoms with E-state index >= 15 is 0 Å². The van der Waals surface area contributed by atoms with Crippen molar-refractivity contribution >= 4 is 158 Å². The van der Waals surface area contributed by atoms with Crippen molar-refractivity contribution in [2.24, 2.45) is 47.1 Å². The lowest BCUT2D eigenvalue weighted by molar-refractivity contribution is -0.662. The lowest BCUT2D eigenvalue weighted by Crippen LogP contribution is -2.31. The van der Waals surface area contributed by atoms with E-state index in [4.69, 9.17) is 24.9 Å². The molecule has 0 aliphatic rings. The van der Waals surface area contributed by atoms with Gasteiger partial charge in [0.25, 0.3) is 31.6 Å². The molecule has 10 nitrogen and oxygen atoms in total. The van der Waals surface area contributed by atoms with Crippen molar-refractivity contribution in [3.63, 3.8) is 0 Å². The maximum Gasteiger partial charge on any atom is 0.287 e. The fourth-order valence-electron chi connectivity index (χ4n) is 17.0. The Balaban J connectivity index is 0.000000113. The Morgan fingerprint density at radius 2 is 0.639 bits per heavy atom. The highest BCUT2D eigenvalue weighted by molar-refractivity contribution is 7.28. The van der Waals surface area contributed by atoms with Gasteiger partial charge in [0, 0.05) is 78.2 Å². The van der Waals surface area contributed by atoms with Gasteiger partial charge in [-0.15, -0.1) is 56.7 Å². The maximum absolute atomic E-state index is 4.80. The third-order valence-electron chi connectivity index (χ3n) is 23.5. The lowest BCUT2D eigenvalue weighted by atomic mass is 9.96. The molecule has 0 bridgehead atoms. The molecule has 0 amide bonds. The third-order valence-corrected chi connectivity index (χ3v) is 29.4. The summed E-state index contributed by atoms with van der Waals surface area (Å²) in [7, 11) is 10.4. The Morgan fingerprint density at radius 3 is 1.13 bits per heavy atom. The number of hydrogen-bond donors (Lipinski definition) is 0. The Labute approximate surface area is 737 Å². The summed E-state index contributed by atoms with van der Waals surface area (Å²) in [4.78, 5) is 23.8. The molecule has 0 saturated heterocycles. The fraction of sp³-hybridized carbons (Fsp3) is 0.252. The Kier molecular flexibility index (Phi) is 24.6. The molecule has 122 heavy (non-hydrogen) atoms. The van der Waals surface area contributed by atoms with Gasteiger partial charge in [-0.25, -0.2) is 22.8 Å². The summed E-state index contributed by atoms with van der Waals surface area (Å²) in [6.45, 7) is 33.5. The minimum absolute atomic E-state index is 0.490. The monoisotopic (exact) mass is 1690 g/mol. The molecular formula is C107H109N10S5+5. The molecule has 0 radical (unpaired) electrons. The van der Waals surface area contributed by atoms with Gasteiger partial charge >= 0.3 is 0 Å². The van der Waals surface area contributed by atoms with Gasteiger partial charge in [0.05, 0.1) is 35.2 Å². The average Bonchev–Trinajstić information content (AvgIpc) is 1.62. The van der Waals surface area contributed by atoms with Crippen molar-refractivity contribution in [1.29, 1.82) is 0 Å². The molecular weight excluding hydrogens is 1590 g/mol. The number of fused-ring (bicyclic) bond motifs is 15. The van der Waals surface area contributed by atoms with Gasteiger partial charge in [0.1, 0.15) is 23.5 Å². The van der Waals surface area contributed by atoms with Gasteiger partial charge in [-0.2, -0.15) is 0 Å². The fourth-order valence-corrected chi connectivity index (χ4v) is 23.5. The first-order chi connectivity index (χ1) is 58.8. The van der Waals surface area contributed by atoms with E-state index in [1.54, 1.807) is 0 Å². The van der Waals surface area contributed by atoms with Gasteiger partial charge < -0.3 is 0 Å². The molecule has 0 aliphatic heterocycles. The zero-order chi connectivity index (χ0) is 85.6. The predicted octanol–water partition coefficient (Wildman–Crippen LogP) is 27.0. The second kappa shape index (κ2) is 35.6. The number of benzene rings is 10. The molecule has 10 aromatic carbocycles. The molecule has 0 fully saturated rings. The third kappa shape index (κ3) is 16.6. The number of thiophene rings is 5. The molecule has 0 spiro atoms. The van der Waals surface area contributed by atoms with Crippen LogP contribution in [0, 0.1) is 46.5 Å². The largest absolute Gasteiger partial charge is 0.287 e. The standard InChI is InChI=1S/2C22H23N2S.3C21H21N2S/c1-14(2)12-16-9-7-11-18-19-22(25-21(16)18)20(24(4)13-23-19)17-10-6-5-8-15(17)3;1-14(2)11-16-9-10-18-19(12-16)25-22-20(18)23-13-24(4)21(22)17-8-6-5-7-15(17)3;1-13(2)15-10-7-11-17-18(15)19-21(24-17)20(23(4)12-22-19)16-9-6-5-8-14(16)3;1-13(2)15-10-9-14(3)17(11-15)20-21-19(22-12-23(20)4)16-7-5-6-8-18(16)24-21;1-13(2)15-9-10-18-17(11-15)19-21(24-18)20(23(4)12-22-19)16-8-6-5-7-14(16)3/h5-11,13-14H,12H2,1-4H3;5-10,12-14H,11H2,1-4H3;3*5-13H,1-4H3/q5*+1. The summed E-state index contributed by atoms with van der Waals surface area (Å²) >= 11 is 9.29. The summed E-state index contributed by atoms with van der Waals surface area (Å²) in [5, 5.41) is 6.40. The van der Waals surface area contributed by atoms with Crippen molar-refractivity contribution in [3.05, 3.63) is 300 Å². The van der Waals surface area contributed by atoms with Crippen molar-refractivity contribution < 1.29 is 22.8 Å². The van der Waals surface area contributed by atoms with E-state index in [9.17, 15) is 0 Å². The number of nitrogens with zero attached hydrogens (tertiary/aromatic N) is 10. The second-order valence-corrected chi connectivity index (χ2v) is 39.7. The van der Waals surface area contributed by atoms with Crippen molar-refractivity contribution in [1.82, 2.24) is 24.9 Å². The first-order valence-electron chi connectivity index (χ1n) is 42.6. The maximum atomic E-state index is 4.80. The molecule has 10 aromatic heterocycles. The highest BCUT2D eigenvalue weighted by atomic mass is 32.1. The highest BCUT2D eigenvalue weighted by Crippen LogP contribution is 2.46.